The van der Waals surface area contributed by atoms with E-state index in [0.29, 0.717) is 52.7 Å². The molecule has 4 heterocycles. The van der Waals surface area contributed by atoms with Gasteiger partial charge in [-0.2, -0.15) is 0 Å². The fourth-order valence-corrected chi connectivity index (χ4v) is 9.27. The molecule has 0 bridgehead atoms. The molecular formula is C40H41Cl2N5O4S. The molecule has 0 radical (unpaired) electrons. The summed E-state index contributed by atoms with van der Waals surface area (Å²) in [4.78, 5) is 33.6. The van der Waals surface area contributed by atoms with Crippen LogP contribution < -0.4 is 20.7 Å². The van der Waals surface area contributed by atoms with Gasteiger partial charge in [-0.25, -0.2) is 9.97 Å². The van der Waals surface area contributed by atoms with Crippen LogP contribution in [0.4, 0.5) is 11.5 Å². The number of nitrogens with one attached hydrogen (secondary N) is 3. The number of aliphatic carboxylic acids is 1. The highest BCUT2D eigenvalue weighted by Crippen LogP contribution is 2.43. The number of hydrogen-bond donors (Lipinski definition) is 4. The highest BCUT2D eigenvalue weighted by Gasteiger charge is 2.29. The van der Waals surface area contributed by atoms with Crippen LogP contribution >= 0.6 is 34.5 Å². The zero-order valence-corrected chi connectivity index (χ0v) is 31.2. The van der Waals surface area contributed by atoms with E-state index < -0.39 is 5.97 Å². The number of aromatic nitrogens is 2. The van der Waals surface area contributed by atoms with Crippen molar-refractivity contribution in [2.75, 3.05) is 19.0 Å². The Balaban J connectivity index is 1.08. The summed E-state index contributed by atoms with van der Waals surface area (Å²) in [6, 6.07) is 19.9. The second kappa shape index (κ2) is 16.2. The van der Waals surface area contributed by atoms with Crippen LogP contribution in [0.1, 0.15) is 55.4 Å². The number of fused-ring (bicyclic) bond motifs is 1. The summed E-state index contributed by atoms with van der Waals surface area (Å²) in [5, 5.41) is 21.3. The van der Waals surface area contributed by atoms with Crippen LogP contribution in [0.3, 0.4) is 0 Å². The van der Waals surface area contributed by atoms with Crippen molar-refractivity contribution in [2.24, 2.45) is 11.8 Å². The average molecular weight is 759 g/mol. The van der Waals surface area contributed by atoms with Crippen molar-refractivity contribution in [2.45, 2.75) is 64.0 Å². The largest absolute Gasteiger partial charge is 0.481 e. The van der Waals surface area contributed by atoms with E-state index in [9.17, 15) is 14.7 Å². The number of pyridine rings is 2. The van der Waals surface area contributed by atoms with Gasteiger partial charge in [0, 0.05) is 75.4 Å². The Kier molecular flexibility index (Phi) is 11.3. The fraction of sp³-hybridized carbons (Fsp3) is 0.350. The van der Waals surface area contributed by atoms with E-state index in [2.05, 4.69) is 27.0 Å². The second-order valence-electron chi connectivity index (χ2n) is 13.6. The summed E-state index contributed by atoms with van der Waals surface area (Å²) >= 11 is 16.0. The molecule has 1 aliphatic heterocycles. The van der Waals surface area contributed by atoms with E-state index in [0.717, 1.165) is 76.7 Å². The van der Waals surface area contributed by atoms with Crippen molar-refractivity contribution in [3.05, 3.63) is 87.3 Å². The summed E-state index contributed by atoms with van der Waals surface area (Å²) in [6.07, 6.45) is 8.64. The summed E-state index contributed by atoms with van der Waals surface area (Å²) in [5.74, 6) is 1.37. The number of rotatable bonds is 14. The number of anilines is 2. The molecule has 3 unspecified atom stereocenters. The number of amides is 1. The predicted molar refractivity (Wildman–Crippen MR) is 209 cm³/mol. The van der Waals surface area contributed by atoms with Gasteiger partial charge in [0.1, 0.15) is 5.82 Å². The Morgan fingerprint density at radius 1 is 1.02 bits per heavy atom. The van der Waals surface area contributed by atoms with Crippen LogP contribution in [-0.2, 0) is 22.6 Å². The highest BCUT2D eigenvalue weighted by atomic mass is 35.5. The lowest BCUT2D eigenvalue weighted by Crippen LogP contribution is -2.35. The van der Waals surface area contributed by atoms with Crippen molar-refractivity contribution in [1.29, 1.82) is 0 Å². The number of hydrogen-bond acceptors (Lipinski definition) is 8. The van der Waals surface area contributed by atoms with Crippen LogP contribution in [-0.4, -0.2) is 46.6 Å². The number of aryl methyl sites for hydroxylation is 1. The topological polar surface area (TPSA) is 125 Å². The zero-order chi connectivity index (χ0) is 36.2. The minimum absolute atomic E-state index is 0.0993. The molecule has 9 nitrogen and oxygen atoms in total. The third-order valence-electron chi connectivity index (χ3n) is 10.3. The van der Waals surface area contributed by atoms with Gasteiger partial charge < -0.3 is 25.8 Å². The summed E-state index contributed by atoms with van der Waals surface area (Å²) in [5.41, 5.74) is 4.60. The Morgan fingerprint density at radius 2 is 1.81 bits per heavy atom. The third kappa shape index (κ3) is 8.05. The Morgan fingerprint density at radius 3 is 2.60 bits per heavy atom. The Bertz CT molecular complexity index is 2110. The number of thiophene rings is 1. The molecule has 2 aliphatic rings. The van der Waals surface area contributed by atoms with Crippen LogP contribution in [0.2, 0.25) is 10.0 Å². The van der Waals surface area contributed by atoms with Gasteiger partial charge in [-0.15, -0.1) is 11.3 Å². The number of carboxylic acid groups (broad SMARTS) is 1. The lowest BCUT2D eigenvalue weighted by atomic mass is 9.89. The van der Waals surface area contributed by atoms with E-state index in [1.165, 1.54) is 4.88 Å². The molecule has 5 aromatic rings. The number of ether oxygens (including phenoxy) is 1. The maximum absolute atomic E-state index is 11.5. The number of carboxylic acids is 1. The van der Waals surface area contributed by atoms with Crippen LogP contribution in [0.15, 0.2) is 66.9 Å². The maximum Gasteiger partial charge on any atom is 0.303 e. The van der Waals surface area contributed by atoms with E-state index >= 15 is 0 Å². The second-order valence-corrected chi connectivity index (χ2v) is 15.6. The first-order valence-electron chi connectivity index (χ1n) is 17.8. The standard InChI is InChI=1S/C40H41Cl2N5O4S/c1-51-40-25(21-43-22-26-13-16-35(48)45-26)12-15-32(47-40)30-9-3-7-28(37(30)41)29-8-4-10-33(38(29)42)46-39-31-20-27(52-34(31)17-18-44-39)14-11-23-5-2-6-24(23)19-36(49)50/h3-4,7-10,12,15,17-18,20,23-24,26,43H,2,5-6,11,13-14,16,19,21-22H2,1H3,(H,44,46)(H,45,48)(H,49,50). The van der Waals surface area contributed by atoms with Crippen molar-refractivity contribution < 1.29 is 19.4 Å². The fourth-order valence-electron chi connectivity index (χ4n) is 7.60. The Labute approximate surface area is 317 Å². The lowest BCUT2D eigenvalue weighted by Gasteiger charge is -2.17. The molecule has 4 N–H and O–H groups in total. The molecule has 52 heavy (non-hydrogen) atoms. The lowest BCUT2D eigenvalue weighted by molar-refractivity contribution is -0.138. The molecule has 1 saturated heterocycles. The molecule has 1 amide bonds. The van der Waals surface area contributed by atoms with Gasteiger partial charge in [0.25, 0.3) is 0 Å². The molecule has 12 heteroatoms. The number of methoxy groups -OCH3 is 1. The maximum atomic E-state index is 11.5. The van der Waals surface area contributed by atoms with Crippen LogP contribution in [0, 0.1) is 11.8 Å². The van der Waals surface area contributed by atoms with E-state index in [1.54, 1.807) is 24.6 Å². The highest BCUT2D eigenvalue weighted by molar-refractivity contribution is 7.19. The van der Waals surface area contributed by atoms with Crippen molar-refractivity contribution >= 4 is 68.0 Å². The number of nitrogens with zero attached hydrogens (tertiary/aromatic N) is 2. The number of carbonyl (C=O) groups excluding carboxylic acids is 1. The zero-order valence-electron chi connectivity index (χ0n) is 28.9. The summed E-state index contributed by atoms with van der Waals surface area (Å²) in [7, 11) is 1.60. The monoisotopic (exact) mass is 757 g/mol. The van der Waals surface area contributed by atoms with E-state index in [1.807, 2.05) is 54.6 Å². The first kappa shape index (κ1) is 36.2. The summed E-state index contributed by atoms with van der Waals surface area (Å²) in [6.45, 7) is 1.23. The van der Waals surface area contributed by atoms with Crippen molar-refractivity contribution in [3.63, 3.8) is 0 Å². The van der Waals surface area contributed by atoms with Gasteiger partial charge in [0.05, 0.1) is 28.5 Å². The van der Waals surface area contributed by atoms with Crippen molar-refractivity contribution in [1.82, 2.24) is 20.6 Å². The Hall–Kier alpha value is -4.22. The van der Waals surface area contributed by atoms with Gasteiger partial charge >= 0.3 is 5.97 Å². The molecule has 0 spiro atoms. The number of carbonyl (C=O) groups is 2. The number of halogens is 2. The minimum Gasteiger partial charge on any atom is -0.481 e. The van der Waals surface area contributed by atoms with Crippen LogP contribution in [0.25, 0.3) is 32.5 Å². The normalized spacial score (nSPS) is 18.5. The molecule has 7 rings (SSSR count). The average Bonchev–Trinajstić information content (AvgIpc) is 3.88. The first-order valence-corrected chi connectivity index (χ1v) is 19.3. The molecule has 1 saturated carbocycles. The van der Waals surface area contributed by atoms with Crippen molar-refractivity contribution in [3.8, 4) is 28.3 Å². The molecule has 270 valence electrons. The van der Waals surface area contributed by atoms with Gasteiger partial charge in [0.2, 0.25) is 11.8 Å². The van der Waals surface area contributed by atoms with E-state index in [-0.39, 0.29) is 24.3 Å². The quantitative estimate of drug-likeness (QED) is 0.0884. The summed E-state index contributed by atoms with van der Waals surface area (Å²) < 4.78 is 6.80. The van der Waals surface area contributed by atoms with Gasteiger partial charge in [-0.1, -0.05) is 72.4 Å². The number of benzene rings is 2. The van der Waals surface area contributed by atoms with Gasteiger partial charge in [0.15, 0.2) is 0 Å². The minimum atomic E-state index is -0.695. The first-order chi connectivity index (χ1) is 25.3. The van der Waals surface area contributed by atoms with Gasteiger partial charge in [-0.3, -0.25) is 9.59 Å². The third-order valence-corrected chi connectivity index (χ3v) is 12.2. The molecule has 1 aliphatic carbocycles. The molecule has 3 atom stereocenters. The van der Waals surface area contributed by atoms with Gasteiger partial charge in [-0.05, 0) is 61.8 Å². The SMILES string of the molecule is COc1nc(-c2cccc(-c3cccc(Nc4nccc5sc(CCC6CCCC6CC(=O)O)cc45)c3Cl)c2Cl)ccc1CNCC1CCC(=O)N1. The molecular weight excluding hydrogens is 717 g/mol. The van der Waals surface area contributed by atoms with Crippen LogP contribution in [0.5, 0.6) is 5.88 Å². The molecule has 2 fully saturated rings. The smallest absolute Gasteiger partial charge is 0.303 e. The van der Waals surface area contributed by atoms with E-state index in [4.69, 9.17) is 32.9 Å². The molecule has 3 aromatic heterocycles. The predicted octanol–water partition coefficient (Wildman–Crippen LogP) is 9.28. The molecule has 2 aromatic carbocycles.